The van der Waals surface area contributed by atoms with Crippen molar-refractivity contribution in [2.45, 2.75) is 13.5 Å². The third-order valence-electron chi connectivity index (χ3n) is 2.84. The van der Waals surface area contributed by atoms with Gasteiger partial charge in [-0.3, -0.25) is 19.8 Å². The standard InChI is InChI=1S/C14H19N3O3/c1-3-9-15-14(18)11-16(4-2)10-12-7-5-6-8-13(12)17(19)20/h3,5-8H,1,4,9-11H2,2H3,(H,15,18). The summed E-state index contributed by atoms with van der Waals surface area (Å²) in [5.74, 6) is -0.120. The van der Waals surface area contributed by atoms with Crippen molar-refractivity contribution in [2.24, 2.45) is 0 Å². The number of nitrogens with one attached hydrogen (secondary N) is 1. The highest BCUT2D eigenvalue weighted by Gasteiger charge is 2.16. The third-order valence-corrected chi connectivity index (χ3v) is 2.84. The molecule has 0 atom stereocenters. The van der Waals surface area contributed by atoms with Crippen molar-refractivity contribution in [3.8, 4) is 0 Å². The molecule has 0 aliphatic heterocycles. The first-order chi connectivity index (χ1) is 9.58. The van der Waals surface area contributed by atoms with E-state index >= 15 is 0 Å². The van der Waals surface area contributed by atoms with Crippen LogP contribution < -0.4 is 5.32 Å². The average molecular weight is 277 g/mol. The van der Waals surface area contributed by atoms with Crippen LogP contribution in [0.25, 0.3) is 0 Å². The number of nitro benzene ring substituents is 1. The van der Waals surface area contributed by atoms with Crippen LogP contribution in [-0.4, -0.2) is 35.4 Å². The fourth-order valence-corrected chi connectivity index (χ4v) is 1.79. The van der Waals surface area contributed by atoms with Crippen molar-refractivity contribution in [3.63, 3.8) is 0 Å². The summed E-state index contributed by atoms with van der Waals surface area (Å²) in [5, 5.41) is 13.6. The largest absolute Gasteiger partial charge is 0.352 e. The van der Waals surface area contributed by atoms with E-state index in [4.69, 9.17) is 0 Å². The molecule has 6 nitrogen and oxygen atoms in total. The first-order valence-corrected chi connectivity index (χ1v) is 6.40. The molecule has 0 fully saturated rings. The number of nitro groups is 1. The Balaban J connectivity index is 2.71. The molecular weight excluding hydrogens is 258 g/mol. The lowest BCUT2D eigenvalue weighted by Gasteiger charge is -2.19. The number of carbonyl (C=O) groups is 1. The number of hydrogen-bond acceptors (Lipinski definition) is 4. The topological polar surface area (TPSA) is 75.5 Å². The highest BCUT2D eigenvalue weighted by Crippen LogP contribution is 2.19. The predicted molar refractivity (Wildman–Crippen MR) is 77.3 cm³/mol. The molecule has 20 heavy (non-hydrogen) atoms. The van der Waals surface area contributed by atoms with E-state index in [-0.39, 0.29) is 18.1 Å². The number of amides is 1. The first-order valence-electron chi connectivity index (χ1n) is 6.40. The fraction of sp³-hybridized carbons (Fsp3) is 0.357. The maximum atomic E-state index is 11.6. The van der Waals surface area contributed by atoms with Crippen LogP contribution in [-0.2, 0) is 11.3 Å². The number of carbonyl (C=O) groups excluding carboxylic acids is 1. The van der Waals surface area contributed by atoms with Crippen LogP contribution >= 0.6 is 0 Å². The van der Waals surface area contributed by atoms with E-state index in [9.17, 15) is 14.9 Å². The highest BCUT2D eigenvalue weighted by molar-refractivity contribution is 5.78. The fourth-order valence-electron chi connectivity index (χ4n) is 1.79. The zero-order chi connectivity index (χ0) is 15.0. The molecule has 0 radical (unpaired) electrons. The van der Waals surface area contributed by atoms with Gasteiger partial charge in [0.2, 0.25) is 5.91 Å². The van der Waals surface area contributed by atoms with Gasteiger partial charge in [-0.2, -0.15) is 0 Å². The third kappa shape index (κ3) is 4.81. The van der Waals surface area contributed by atoms with Gasteiger partial charge in [-0.05, 0) is 6.54 Å². The molecular formula is C14H19N3O3. The summed E-state index contributed by atoms with van der Waals surface area (Å²) in [6.07, 6.45) is 1.61. The Morgan fingerprint density at radius 2 is 2.20 bits per heavy atom. The SMILES string of the molecule is C=CCNC(=O)CN(CC)Cc1ccccc1[N+](=O)[O-]. The molecule has 1 rings (SSSR count). The van der Waals surface area contributed by atoms with Gasteiger partial charge in [0.1, 0.15) is 0 Å². The van der Waals surface area contributed by atoms with E-state index in [1.807, 2.05) is 11.8 Å². The van der Waals surface area contributed by atoms with Gasteiger partial charge in [-0.1, -0.05) is 31.2 Å². The van der Waals surface area contributed by atoms with Crippen molar-refractivity contribution in [1.82, 2.24) is 10.2 Å². The lowest BCUT2D eigenvalue weighted by atomic mass is 10.1. The van der Waals surface area contributed by atoms with Crippen molar-refractivity contribution in [3.05, 3.63) is 52.6 Å². The second-order valence-corrected chi connectivity index (χ2v) is 4.28. The lowest BCUT2D eigenvalue weighted by Crippen LogP contribution is -2.36. The van der Waals surface area contributed by atoms with Crippen LogP contribution in [0.4, 0.5) is 5.69 Å². The molecule has 108 valence electrons. The smallest absolute Gasteiger partial charge is 0.273 e. The van der Waals surface area contributed by atoms with Crippen LogP contribution in [0, 0.1) is 10.1 Å². The second kappa shape index (κ2) is 8.06. The number of hydrogen-bond donors (Lipinski definition) is 1. The molecule has 0 heterocycles. The van der Waals surface area contributed by atoms with Gasteiger partial charge >= 0.3 is 0 Å². The van der Waals surface area contributed by atoms with Gasteiger partial charge in [0.25, 0.3) is 5.69 Å². The highest BCUT2D eigenvalue weighted by atomic mass is 16.6. The summed E-state index contributed by atoms with van der Waals surface area (Å²) < 4.78 is 0. The summed E-state index contributed by atoms with van der Waals surface area (Å²) in [7, 11) is 0. The number of para-hydroxylation sites is 1. The Kier molecular flexibility index (Phi) is 6.39. The molecule has 0 bridgehead atoms. The number of rotatable bonds is 8. The van der Waals surface area contributed by atoms with Crippen LogP contribution in [0.2, 0.25) is 0 Å². The molecule has 1 aromatic rings. The van der Waals surface area contributed by atoms with E-state index in [0.29, 0.717) is 25.2 Å². The Labute approximate surface area is 118 Å². The predicted octanol–water partition coefficient (Wildman–Crippen LogP) is 1.72. The maximum absolute atomic E-state index is 11.6. The minimum absolute atomic E-state index is 0.0810. The molecule has 6 heteroatoms. The van der Waals surface area contributed by atoms with E-state index in [1.54, 1.807) is 24.3 Å². The molecule has 1 N–H and O–H groups in total. The molecule has 0 saturated heterocycles. The molecule has 0 unspecified atom stereocenters. The summed E-state index contributed by atoms with van der Waals surface area (Å²) in [5.41, 5.74) is 0.688. The van der Waals surface area contributed by atoms with Crippen molar-refractivity contribution < 1.29 is 9.72 Å². The normalized spacial score (nSPS) is 10.3. The number of benzene rings is 1. The lowest BCUT2D eigenvalue weighted by molar-refractivity contribution is -0.385. The summed E-state index contributed by atoms with van der Waals surface area (Å²) >= 11 is 0. The van der Waals surface area contributed by atoms with Crippen molar-refractivity contribution in [1.29, 1.82) is 0 Å². The molecule has 0 aliphatic carbocycles. The van der Waals surface area contributed by atoms with Crippen LogP contribution in [0.3, 0.4) is 0 Å². The molecule has 1 aromatic carbocycles. The molecule has 0 saturated carbocycles. The minimum atomic E-state index is -0.402. The van der Waals surface area contributed by atoms with Gasteiger partial charge in [-0.15, -0.1) is 6.58 Å². The molecule has 1 amide bonds. The Hall–Kier alpha value is -2.21. The average Bonchev–Trinajstić information content (AvgIpc) is 2.44. The molecule has 0 aliphatic rings. The zero-order valence-corrected chi connectivity index (χ0v) is 11.5. The Morgan fingerprint density at radius 3 is 2.80 bits per heavy atom. The van der Waals surface area contributed by atoms with E-state index in [1.165, 1.54) is 6.07 Å². The van der Waals surface area contributed by atoms with Crippen LogP contribution in [0.1, 0.15) is 12.5 Å². The maximum Gasteiger partial charge on any atom is 0.273 e. The quantitative estimate of drug-likeness (QED) is 0.446. The van der Waals surface area contributed by atoms with Crippen LogP contribution in [0.5, 0.6) is 0 Å². The zero-order valence-electron chi connectivity index (χ0n) is 11.5. The van der Waals surface area contributed by atoms with Crippen molar-refractivity contribution in [2.75, 3.05) is 19.6 Å². The summed E-state index contributed by atoms with van der Waals surface area (Å²) in [6.45, 7) is 7.07. The van der Waals surface area contributed by atoms with E-state index in [0.717, 1.165) is 0 Å². The minimum Gasteiger partial charge on any atom is -0.352 e. The van der Waals surface area contributed by atoms with Gasteiger partial charge in [0, 0.05) is 24.7 Å². The van der Waals surface area contributed by atoms with Crippen molar-refractivity contribution >= 4 is 11.6 Å². The van der Waals surface area contributed by atoms with Gasteiger partial charge < -0.3 is 5.32 Å². The van der Waals surface area contributed by atoms with Crippen LogP contribution in [0.15, 0.2) is 36.9 Å². The Bertz CT molecular complexity index is 488. The number of nitrogens with zero attached hydrogens (tertiary/aromatic N) is 2. The van der Waals surface area contributed by atoms with Gasteiger partial charge in [0.15, 0.2) is 0 Å². The summed E-state index contributed by atoms with van der Waals surface area (Å²) in [4.78, 5) is 24.0. The van der Waals surface area contributed by atoms with Gasteiger partial charge in [-0.25, -0.2) is 0 Å². The summed E-state index contributed by atoms with van der Waals surface area (Å²) in [6, 6.07) is 6.58. The molecule has 0 spiro atoms. The second-order valence-electron chi connectivity index (χ2n) is 4.28. The molecule has 0 aromatic heterocycles. The number of likely N-dealkylation sites (N-methyl/N-ethyl adjacent to an activating group) is 1. The monoisotopic (exact) mass is 277 g/mol. The van der Waals surface area contributed by atoms with Gasteiger partial charge in [0.05, 0.1) is 11.5 Å². The first kappa shape index (κ1) is 15.8. The van der Waals surface area contributed by atoms with E-state index in [2.05, 4.69) is 11.9 Å². The van der Waals surface area contributed by atoms with E-state index < -0.39 is 4.92 Å². The Morgan fingerprint density at radius 1 is 1.50 bits per heavy atom.